The molecule has 0 spiro atoms. The molecule has 1 atom stereocenters. The van der Waals surface area contributed by atoms with E-state index in [2.05, 4.69) is 21.1 Å². The summed E-state index contributed by atoms with van der Waals surface area (Å²) >= 11 is 0. The monoisotopic (exact) mass is 478 g/mol. The summed E-state index contributed by atoms with van der Waals surface area (Å²) in [6, 6.07) is 3.85. The van der Waals surface area contributed by atoms with Crippen LogP contribution in [-0.2, 0) is 4.74 Å². The number of piperidine rings is 1. The van der Waals surface area contributed by atoms with Gasteiger partial charge in [-0.3, -0.25) is 0 Å². The number of aromatic nitrogens is 3. The van der Waals surface area contributed by atoms with E-state index < -0.39 is 0 Å². The van der Waals surface area contributed by atoms with Gasteiger partial charge in [-0.2, -0.15) is 4.98 Å². The topological polar surface area (TPSA) is 64.3 Å². The Labute approximate surface area is 206 Å². The van der Waals surface area contributed by atoms with E-state index >= 15 is 4.39 Å². The molecule has 0 bridgehead atoms. The Morgan fingerprint density at radius 2 is 1.80 bits per heavy atom. The lowest BCUT2D eigenvalue weighted by Gasteiger charge is -2.34. The number of hydrogen-bond acceptors (Lipinski definition) is 6. The van der Waals surface area contributed by atoms with Crippen molar-refractivity contribution in [1.82, 2.24) is 15.1 Å². The summed E-state index contributed by atoms with van der Waals surface area (Å²) in [5.41, 5.74) is 3.35. The van der Waals surface area contributed by atoms with E-state index in [9.17, 15) is 0 Å². The van der Waals surface area contributed by atoms with E-state index in [-0.39, 0.29) is 5.82 Å². The SMILES string of the molecule is Cc1noc(-c2c(N3CCC(CC[C@@H]4CCOC4)CC3)nc3c(F)cc(C4CCC4)cc3c2C)n1. The predicted molar refractivity (Wildman–Crippen MR) is 134 cm³/mol. The Bertz CT molecular complexity index is 1210. The van der Waals surface area contributed by atoms with Gasteiger partial charge >= 0.3 is 0 Å². The molecule has 0 radical (unpaired) electrons. The molecule has 2 aromatic heterocycles. The third-order valence-corrected chi connectivity index (χ3v) is 8.55. The van der Waals surface area contributed by atoms with Crippen molar-refractivity contribution in [1.29, 1.82) is 0 Å². The zero-order valence-electron chi connectivity index (χ0n) is 20.9. The highest BCUT2D eigenvalue weighted by atomic mass is 19.1. The van der Waals surface area contributed by atoms with Gasteiger partial charge in [0.05, 0.1) is 5.56 Å². The molecule has 6 rings (SSSR count). The quantitative estimate of drug-likeness (QED) is 0.412. The van der Waals surface area contributed by atoms with Gasteiger partial charge in [0.15, 0.2) is 5.82 Å². The fraction of sp³-hybridized carbons (Fsp3) is 0.607. The Kier molecular flexibility index (Phi) is 6.21. The van der Waals surface area contributed by atoms with Crippen LogP contribution in [-0.4, -0.2) is 41.4 Å². The van der Waals surface area contributed by atoms with Gasteiger partial charge in [-0.15, -0.1) is 0 Å². The number of pyridine rings is 1. The molecule has 3 fully saturated rings. The highest BCUT2D eigenvalue weighted by Gasteiger charge is 2.29. The molecule has 2 aliphatic heterocycles. The van der Waals surface area contributed by atoms with Gasteiger partial charge < -0.3 is 14.2 Å². The first-order valence-corrected chi connectivity index (χ1v) is 13.3. The summed E-state index contributed by atoms with van der Waals surface area (Å²) < 4.78 is 26.6. The van der Waals surface area contributed by atoms with Gasteiger partial charge in [0.25, 0.3) is 5.89 Å². The third kappa shape index (κ3) is 4.44. The standard InChI is InChI=1S/C28H35FN4O2/c1-17-23-14-22(21-4-3-5-21)15-24(29)26(23)31-27(25(17)28-30-18(2)32-35-28)33-11-8-19(9-12-33)6-7-20-10-13-34-16-20/h14-15,19-21H,3-13,16H2,1-2H3/t20-/m1/s1. The van der Waals surface area contributed by atoms with Gasteiger partial charge in [0.1, 0.15) is 17.2 Å². The smallest absolute Gasteiger partial charge is 0.261 e. The first kappa shape index (κ1) is 22.9. The number of rotatable bonds is 6. The molecule has 0 unspecified atom stereocenters. The second kappa shape index (κ2) is 9.49. The maximum atomic E-state index is 15.4. The number of anilines is 1. The maximum absolute atomic E-state index is 15.4. The third-order valence-electron chi connectivity index (χ3n) is 8.55. The number of benzene rings is 1. The average Bonchev–Trinajstić information content (AvgIpc) is 3.49. The minimum absolute atomic E-state index is 0.226. The van der Waals surface area contributed by atoms with Crippen molar-refractivity contribution in [3.63, 3.8) is 0 Å². The summed E-state index contributed by atoms with van der Waals surface area (Å²) in [6.45, 7) is 7.54. The van der Waals surface area contributed by atoms with Gasteiger partial charge in [-0.25, -0.2) is 9.37 Å². The number of nitrogens with zero attached hydrogens (tertiary/aromatic N) is 4. The van der Waals surface area contributed by atoms with Gasteiger partial charge in [-0.1, -0.05) is 11.6 Å². The summed E-state index contributed by atoms with van der Waals surface area (Å²) in [4.78, 5) is 11.8. The van der Waals surface area contributed by atoms with Gasteiger partial charge in [0, 0.05) is 31.7 Å². The van der Waals surface area contributed by atoms with Crippen LogP contribution in [0.5, 0.6) is 0 Å². The highest BCUT2D eigenvalue weighted by molar-refractivity contribution is 5.93. The van der Waals surface area contributed by atoms with Crippen LogP contribution in [0.3, 0.4) is 0 Å². The minimum Gasteiger partial charge on any atom is -0.381 e. The second-order valence-electron chi connectivity index (χ2n) is 10.8. The van der Waals surface area contributed by atoms with Crippen LogP contribution >= 0.6 is 0 Å². The van der Waals surface area contributed by atoms with Crippen molar-refractivity contribution in [2.45, 2.75) is 71.1 Å². The van der Waals surface area contributed by atoms with E-state index in [0.717, 1.165) is 91.7 Å². The summed E-state index contributed by atoms with van der Waals surface area (Å²) in [6.07, 6.45) is 9.47. The second-order valence-corrected chi connectivity index (χ2v) is 10.8. The largest absolute Gasteiger partial charge is 0.381 e. The van der Waals surface area contributed by atoms with Crippen molar-refractivity contribution in [2.24, 2.45) is 11.8 Å². The normalized spacial score (nSPS) is 21.7. The Morgan fingerprint density at radius 3 is 2.46 bits per heavy atom. The molecular weight excluding hydrogens is 443 g/mol. The van der Waals surface area contributed by atoms with E-state index in [1.54, 1.807) is 6.07 Å². The summed E-state index contributed by atoms with van der Waals surface area (Å²) in [5, 5.41) is 4.90. The molecule has 3 aromatic rings. The Morgan fingerprint density at radius 1 is 1.00 bits per heavy atom. The number of aryl methyl sites for hydroxylation is 2. The van der Waals surface area contributed by atoms with Crippen LogP contribution in [0.15, 0.2) is 16.7 Å². The molecular formula is C28H35FN4O2. The predicted octanol–water partition coefficient (Wildman–Crippen LogP) is 6.34. The zero-order chi connectivity index (χ0) is 23.9. The molecule has 6 nitrogen and oxygen atoms in total. The van der Waals surface area contributed by atoms with Crippen molar-refractivity contribution in [2.75, 3.05) is 31.2 Å². The molecule has 1 aromatic carbocycles. The van der Waals surface area contributed by atoms with Crippen LogP contribution in [0.4, 0.5) is 10.2 Å². The van der Waals surface area contributed by atoms with Crippen LogP contribution in [0.1, 0.15) is 74.2 Å². The molecule has 3 aliphatic rings. The molecule has 2 saturated heterocycles. The highest BCUT2D eigenvalue weighted by Crippen LogP contribution is 2.42. The van der Waals surface area contributed by atoms with Crippen LogP contribution < -0.4 is 4.90 Å². The lowest BCUT2D eigenvalue weighted by Crippen LogP contribution is -2.35. The molecule has 35 heavy (non-hydrogen) atoms. The van der Waals surface area contributed by atoms with Crippen molar-refractivity contribution >= 4 is 16.7 Å². The first-order valence-electron chi connectivity index (χ1n) is 13.3. The molecule has 186 valence electrons. The number of ether oxygens (including phenoxy) is 1. The van der Waals surface area contributed by atoms with Gasteiger partial charge in [0.2, 0.25) is 0 Å². The van der Waals surface area contributed by atoms with Crippen molar-refractivity contribution in [3.05, 3.63) is 34.9 Å². The zero-order valence-corrected chi connectivity index (χ0v) is 20.9. The fourth-order valence-corrected chi connectivity index (χ4v) is 6.06. The fourth-order valence-electron chi connectivity index (χ4n) is 6.06. The van der Waals surface area contributed by atoms with Crippen molar-refractivity contribution in [3.8, 4) is 11.5 Å². The number of hydrogen-bond donors (Lipinski definition) is 0. The van der Waals surface area contributed by atoms with Crippen LogP contribution in [0.2, 0.25) is 0 Å². The summed E-state index contributed by atoms with van der Waals surface area (Å²) in [5.74, 6) is 3.53. The molecule has 0 N–H and O–H groups in total. The van der Waals surface area contributed by atoms with Crippen molar-refractivity contribution < 1.29 is 13.7 Å². The number of fused-ring (bicyclic) bond motifs is 1. The average molecular weight is 479 g/mol. The molecule has 1 saturated carbocycles. The van der Waals surface area contributed by atoms with Gasteiger partial charge in [-0.05, 0) is 99.8 Å². The van der Waals surface area contributed by atoms with E-state index in [1.807, 2.05) is 13.8 Å². The van der Waals surface area contributed by atoms with Crippen LogP contribution in [0.25, 0.3) is 22.4 Å². The number of halogens is 1. The summed E-state index contributed by atoms with van der Waals surface area (Å²) in [7, 11) is 0. The lowest BCUT2D eigenvalue weighted by atomic mass is 9.79. The lowest BCUT2D eigenvalue weighted by molar-refractivity contribution is 0.181. The molecule has 0 amide bonds. The van der Waals surface area contributed by atoms with E-state index in [4.69, 9.17) is 14.2 Å². The molecule has 1 aliphatic carbocycles. The van der Waals surface area contributed by atoms with E-state index in [1.165, 1.54) is 25.7 Å². The van der Waals surface area contributed by atoms with E-state index in [0.29, 0.717) is 23.1 Å². The Hall–Kier alpha value is -2.54. The Balaban J connectivity index is 1.32. The molecule has 7 heteroatoms. The van der Waals surface area contributed by atoms with Crippen LogP contribution in [0, 0.1) is 31.5 Å². The maximum Gasteiger partial charge on any atom is 0.261 e. The first-order chi connectivity index (χ1) is 17.1. The minimum atomic E-state index is -0.226. The molecule has 4 heterocycles.